The lowest BCUT2D eigenvalue weighted by Gasteiger charge is -2.46. The molecule has 2 saturated heterocycles. The molecular formula is C21H22N4O4. The molecular weight excluding hydrogens is 372 g/mol. The standard InChI is InChI=1S/C21H22N4O4/c1-2-29-15-10-8-14(9-11-15)17-16-18(23-20(27)22-17)25(21(28)24-19(16)26)12-13-6-4-3-5-7-13/h3-11,16-18H,2,12H2,1H3,(H2,22,23,27)(H,24,26,28). The van der Waals surface area contributed by atoms with Gasteiger partial charge in [0, 0.05) is 6.54 Å². The number of ether oxygens (including phenoxy) is 1. The molecule has 4 rings (SSSR count). The highest BCUT2D eigenvalue weighted by molar-refractivity contribution is 6.00. The van der Waals surface area contributed by atoms with E-state index < -0.39 is 36.1 Å². The smallest absolute Gasteiger partial charge is 0.326 e. The van der Waals surface area contributed by atoms with E-state index in [0.717, 1.165) is 11.1 Å². The van der Waals surface area contributed by atoms with Crippen LogP contribution < -0.4 is 20.7 Å². The fraction of sp³-hybridized carbons (Fsp3) is 0.286. The van der Waals surface area contributed by atoms with E-state index in [1.165, 1.54) is 4.90 Å². The van der Waals surface area contributed by atoms with Gasteiger partial charge in [-0.2, -0.15) is 0 Å². The van der Waals surface area contributed by atoms with Gasteiger partial charge in [-0.15, -0.1) is 0 Å². The number of hydrogen-bond acceptors (Lipinski definition) is 4. The molecule has 2 aromatic rings. The minimum Gasteiger partial charge on any atom is -0.494 e. The number of amides is 5. The minimum absolute atomic E-state index is 0.275. The number of rotatable bonds is 5. The van der Waals surface area contributed by atoms with Gasteiger partial charge in [0.25, 0.3) is 0 Å². The summed E-state index contributed by atoms with van der Waals surface area (Å²) in [7, 11) is 0. The first-order chi connectivity index (χ1) is 14.1. The molecule has 0 spiro atoms. The Balaban J connectivity index is 1.64. The van der Waals surface area contributed by atoms with E-state index in [0.29, 0.717) is 12.4 Å². The van der Waals surface area contributed by atoms with Crippen molar-refractivity contribution in [1.29, 1.82) is 0 Å². The first-order valence-electron chi connectivity index (χ1n) is 9.52. The second kappa shape index (κ2) is 7.83. The average Bonchev–Trinajstić information content (AvgIpc) is 2.72. The van der Waals surface area contributed by atoms with Crippen molar-refractivity contribution in [3.63, 3.8) is 0 Å². The van der Waals surface area contributed by atoms with Gasteiger partial charge in [0.15, 0.2) is 0 Å². The van der Waals surface area contributed by atoms with E-state index in [-0.39, 0.29) is 6.54 Å². The first kappa shape index (κ1) is 18.8. The largest absolute Gasteiger partial charge is 0.494 e. The first-order valence-corrected chi connectivity index (χ1v) is 9.52. The van der Waals surface area contributed by atoms with Gasteiger partial charge in [-0.1, -0.05) is 42.5 Å². The van der Waals surface area contributed by atoms with E-state index >= 15 is 0 Å². The Morgan fingerprint density at radius 1 is 0.966 bits per heavy atom. The number of nitrogens with one attached hydrogen (secondary N) is 3. The normalized spacial score (nSPS) is 23.6. The van der Waals surface area contributed by atoms with Crippen LogP contribution in [0.3, 0.4) is 0 Å². The average molecular weight is 394 g/mol. The van der Waals surface area contributed by atoms with Crippen LogP contribution in [-0.2, 0) is 11.3 Å². The van der Waals surface area contributed by atoms with Crippen molar-refractivity contribution in [2.24, 2.45) is 5.92 Å². The van der Waals surface area contributed by atoms with E-state index in [2.05, 4.69) is 16.0 Å². The molecule has 0 aromatic heterocycles. The number of carbonyl (C=O) groups excluding carboxylic acids is 3. The number of imide groups is 1. The monoisotopic (exact) mass is 394 g/mol. The summed E-state index contributed by atoms with van der Waals surface area (Å²) in [6.07, 6.45) is -0.748. The Labute approximate surface area is 168 Å². The van der Waals surface area contributed by atoms with Crippen LogP contribution in [0.4, 0.5) is 9.59 Å². The molecule has 3 N–H and O–H groups in total. The predicted molar refractivity (Wildman–Crippen MR) is 105 cm³/mol. The van der Waals surface area contributed by atoms with Crippen molar-refractivity contribution in [2.75, 3.05) is 6.61 Å². The van der Waals surface area contributed by atoms with E-state index in [4.69, 9.17) is 4.74 Å². The molecule has 2 aromatic carbocycles. The van der Waals surface area contributed by atoms with Crippen LogP contribution in [0.15, 0.2) is 54.6 Å². The molecule has 8 nitrogen and oxygen atoms in total. The zero-order chi connectivity index (χ0) is 20.4. The van der Waals surface area contributed by atoms with Crippen molar-refractivity contribution in [2.45, 2.75) is 25.7 Å². The molecule has 0 saturated carbocycles. The van der Waals surface area contributed by atoms with Gasteiger partial charge in [-0.3, -0.25) is 15.0 Å². The third-order valence-corrected chi connectivity index (χ3v) is 5.14. The number of hydrogen-bond donors (Lipinski definition) is 3. The fourth-order valence-corrected chi connectivity index (χ4v) is 3.81. The van der Waals surface area contributed by atoms with Gasteiger partial charge in [0.05, 0.1) is 12.6 Å². The van der Waals surface area contributed by atoms with Crippen LogP contribution in [0.2, 0.25) is 0 Å². The van der Waals surface area contributed by atoms with Crippen LogP contribution in [0.1, 0.15) is 24.1 Å². The highest BCUT2D eigenvalue weighted by Gasteiger charge is 2.49. The Morgan fingerprint density at radius 2 is 1.69 bits per heavy atom. The third kappa shape index (κ3) is 3.73. The maximum absolute atomic E-state index is 12.7. The summed E-state index contributed by atoms with van der Waals surface area (Å²) in [5.41, 5.74) is 1.67. The van der Waals surface area contributed by atoms with Crippen LogP contribution in [-0.4, -0.2) is 35.6 Å². The van der Waals surface area contributed by atoms with Crippen LogP contribution in [0.25, 0.3) is 0 Å². The lowest BCUT2D eigenvalue weighted by atomic mass is 9.86. The molecule has 2 heterocycles. The number of fused-ring (bicyclic) bond motifs is 1. The SMILES string of the molecule is CCOc1ccc(C2NC(=O)NC3C2C(=O)NC(=O)N3Cc2ccccc2)cc1. The maximum atomic E-state index is 12.7. The molecule has 2 aliphatic heterocycles. The molecule has 150 valence electrons. The topological polar surface area (TPSA) is 99.8 Å². The van der Waals surface area contributed by atoms with Crippen molar-refractivity contribution in [3.8, 4) is 5.75 Å². The molecule has 0 bridgehead atoms. The van der Waals surface area contributed by atoms with Gasteiger partial charge in [0.2, 0.25) is 5.91 Å². The van der Waals surface area contributed by atoms with Gasteiger partial charge < -0.3 is 15.4 Å². The maximum Gasteiger partial charge on any atom is 0.326 e. The van der Waals surface area contributed by atoms with Crippen LogP contribution in [0, 0.1) is 5.92 Å². The minimum atomic E-state index is -0.748. The second-order valence-electron chi connectivity index (χ2n) is 6.98. The zero-order valence-corrected chi connectivity index (χ0v) is 15.9. The van der Waals surface area contributed by atoms with Gasteiger partial charge >= 0.3 is 12.1 Å². The summed E-state index contributed by atoms with van der Waals surface area (Å²) in [6, 6.07) is 15.2. The molecule has 2 aliphatic rings. The Kier molecular flexibility index (Phi) is 5.07. The fourth-order valence-electron chi connectivity index (χ4n) is 3.81. The summed E-state index contributed by atoms with van der Waals surface area (Å²) >= 11 is 0. The van der Waals surface area contributed by atoms with Crippen molar-refractivity contribution >= 4 is 18.0 Å². The molecule has 29 heavy (non-hydrogen) atoms. The molecule has 3 unspecified atom stereocenters. The predicted octanol–water partition coefficient (Wildman–Crippen LogP) is 2.13. The molecule has 0 aliphatic carbocycles. The van der Waals surface area contributed by atoms with Gasteiger partial charge in [-0.25, -0.2) is 9.59 Å². The van der Waals surface area contributed by atoms with Crippen LogP contribution in [0.5, 0.6) is 5.75 Å². The number of carbonyl (C=O) groups is 3. The summed E-state index contributed by atoms with van der Waals surface area (Å²) in [5.74, 6) is -0.384. The Bertz CT molecular complexity index is 916. The van der Waals surface area contributed by atoms with E-state index in [9.17, 15) is 14.4 Å². The number of benzene rings is 2. The number of nitrogens with zero attached hydrogens (tertiary/aromatic N) is 1. The number of urea groups is 2. The second-order valence-corrected chi connectivity index (χ2v) is 6.98. The van der Waals surface area contributed by atoms with Gasteiger partial charge in [0.1, 0.15) is 17.8 Å². The Hall–Kier alpha value is -3.55. The summed E-state index contributed by atoms with van der Waals surface area (Å²) < 4.78 is 5.46. The Morgan fingerprint density at radius 3 is 2.38 bits per heavy atom. The molecule has 2 fully saturated rings. The lowest BCUT2D eigenvalue weighted by Crippen LogP contribution is -2.71. The summed E-state index contributed by atoms with van der Waals surface area (Å²) in [6.45, 7) is 2.72. The highest BCUT2D eigenvalue weighted by Crippen LogP contribution is 2.33. The molecule has 0 radical (unpaired) electrons. The quantitative estimate of drug-likeness (QED) is 0.723. The molecule has 3 atom stereocenters. The van der Waals surface area contributed by atoms with E-state index in [1.807, 2.05) is 49.4 Å². The van der Waals surface area contributed by atoms with E-state index in [1.54, 1.807) is 12.1 Å². The van der Waals surface area contributed by atoms with Crippen molar-refractivity contribution in [1.82, 2.24) is 20.9 Å². The highest BCUT2D eigenvalue weighted by atomic mass is 16.5. The zero-order valence-electron chi connectivity index (χ0n) is 15.9. The van der Waals surface area contributed by atoms with Crippen molar-refractivity contribution < 1.29 is 19.1 Å². The summed E-state index contributed by atoms with van der Waals surface area (Å²) in [5, 5.41) is 8.00. The lowest BCUT2D eigenvalue weighted by molar-refractivity contribution is -0.130. The van der Waals surface area contributed by atoms with Crippen LogP contribution >= 0.6 is 0 Å². The molecule has 8 heteroatoms. The summed E-state index contributed by atoms with van der Waals surface area (Å²) in [4.78, 5) is 39.1. The van der Waals surface area contributed by atoms with Gasteiger partial charge in [-0.05, 0) is 30.2 Å². The van der Waals surface area contributed by atoms with Crippen molar-refractivity contribution in [3.05, 3.63) is 65.7 Å². The molecule has 5 amide bonds. The third-order valence-electron chi connectivity index (χ3n) is 5.14.